The van der Waals surface area contributed by atoms with Crippen molar-refractivity contribution >= 4 is 15.7 Å². The molecule has 0 aliphatic carbocycles. The molecule has 0 saturated carbocycles. The molecule has 1 aliphatic heterocycles. The molecule has 3 rings (SSSR count). The van der Waals surface area contributed by atoms with Crippen molar-refractivity contribution in [3.05, 3.63) is 56.4 Å². The van der Waals surface area contributed by atoms with Gasteiger partial charge in [0, 0.05) is 26.8 Å². The summed E-state index contributed by atoms with van der Waals surface area (Å²) in [5.74, 6) is 0. The zero-order valence-corrected chi connectivity index (χ0v) is 14.6. The van der Waals surface area contributed by atoms with Gasteiger partial charge in [-0.2, -0.15) is 0 Å². The summed E-state index contributed by atoms with van der Waals surface area (Å²) in [6.45, 7) is 2.26. The van der Waals surface area contributed by atoms with E-state index in [9.17, 15) is 18.0 Å². The van der Waals surface area contributed by atoms with Gasteiger partial charge in [0.05, 0.1) is 5.69 Å². The molecule has 1 aliphatic rings. The van der Waals surface area contributed by atoms with Crippen LogP contribution in [0.4, 0.5) is 5.69 Å². The zero-order valence-electron chi connectivity index (χ0n) is 13.8. The highest BCUT2D eigenvalue weighted by atomic mass is 32.2. The molecule has 128 valence electrons. The van der Waals surface area contributed by atoms with Crippen LogP contribution in [0.1, 0.15) is 17.5 Å². The van der Waals surface area contributed by atoms with Crippen LogP contribution < -0.4 is 15.6 Å². The van der Waals surface area contributed by atoms with Gasteiger partial charge in [0.1, 0.15) is 0 Å². The van der Waals surface area contributed by atoms with E-state index in [0.29, 0.717) is 18.7 Å². The van der Waals surface area contributed by atoms with Crippen molar-refractivity contribution in [2.75, 3.05) is 10.8 Å². The lowest BCUT2D eigenvalue weighted by atomic mass is 10.0. The molecule has 0 atom stereocenters. The first-order valence-corrected chi connectivity index (χ1v) is 9.06. The maximum absolute atomic E-state index is 13.1. The number of nitrogens with zero attached hydrogens (tertiary/aromatic N) is 3. The van der Waals surface area contributed by atoms with Gasteiger partial charge in [-0.25, -0.2) is 13.2 Å². The molecule has 2 aromatic rings. The van der Waals surface area contributed by atoms with E-state index >= 15 is 0 Å². The predicted octanol–water partition coefficient (Wildman–Crippen LogP) is 0.534. The lowest BCUT2D eigenvalue weighted by molar-refractivity contribution is 0.576. The second-order valence-electron chi connectivity index (χ2n) is 6.06. The van der Waals surface area contributed by atoms with E-state index in [-0.39, 0.29) is 4.90 Å². The Labute approximate surface area is 139 Å². The molecule has 2 heterocycles. The highest BCUT2D eigenvalue weighted by Crippen LogP contribution is 2.31. The molecule has 0 N–H and O–H groups in total. The summed E-state index contributed by atoms with van der Waals surface area (Å²) in [6.07, 6.45) is 2.58. The maximum atomic E-state index is 13.1. The molecule has 0 bridgehead atoms. The van der Waals surface area contributed by atoms with Crippen molar-refractivity contribution in [1.29, 1.82) is 0 Å². The molecule has 0 unspecified atom stereocenters. The number of fused-ring (bicyclic) bond motifs is 1. The third-order valence-electron chi connectivity index (χ3n) is 4.29. The highest BCUT2D eigenvalue weighted by molar-refractivity contribution is 7.92. The molecule has 0 amide bonds. The summed E-state index contributed by atoms with van der Waals surface area (Å²) >= 11 is 0. The standard InChI is InChI=1S/C16H19N3O4S/c1-11-6-7-13-12(9-11)5-4-8-19(13)24(22,23)14-10-17(2)16(21)18(3)15(14)20/h6-7,9-10H,4-5,8H2,1-3H3. The Kier molecular flexibility index (Phi) is 3.87. The first-order valence-electron chi connectivity index (χ1n) is 7.62. The fourth-order valence-electron chi connectivity index (χ4n) is 3.01. The van der Waals surface area contributed by atoms with Gasteiger partial charge < -0.3 is 4.57 Å². The molecule has 7 nitrogen and oxygen atoms in total. The summed E-state index contributed by atoms with van der Waals surface area (Å²) < 4.78 is 29.3. The minimum Gasteiger partial charge on any atom is -0.302 e. The van der Waals surface area contributed by atoms with Crippen LogP contribution in [0, 0.1) is 6.92 Å². The van der Waals surface area contributed by atoms with Crippen LogP contribution in [0.5, 0.6) is 0 Å². The molecule has 1 aromatic heterocycles. The fourth-order valence-corrected chi connectivity index (χ4v) is 4.70. The largest absolute Gasteiger partial charge is 0.330 e. The van der Waals surface area contributed by atoms with Crippen molar-refractivity contribution in [2.24, 2.45) is 14.1 Å². The van der Waals surface area contributed by atoms with Gasteiger partial charge in [-0.05, 0) is 31.4 Å². The van der Waals surface area contributed by atoms with Crippen LogP contribution in [-0.2, 0) is 30.5 Å². The van der Waals surface area contributed by atoms with E-state index < -0.39 is 21.3 Å². The van der Waals surface area contributed by atoms with Gasteiger partial charge in [0.15, 0.2) is 4.90 Å². The second kappa shape index (κ2) is 5.62. The van der Waals surface area contributed by atoms with Crippen LogP contribution in [0.15, 0.2) is 38.9 Å². The number of hydrogen-bond acceptors (Lipinski definition) is 4. The number of hydrogen-bond donors (Lipinski definition) is 0. The van der Waals surface area contributed by atoms with Crippen molar-refractivity contribution < 1.29 is 8.42 Å². The van der Waals surface area contributed by atoms with Crippen LogP contribution >= 0.6 is 0 Å². The van der Waals surface area contributed by atoms with E-state index in [1.54, 1.807) is 6.07 Å². The van der Waals surface area contributed by atoms with Crippen molar-refractivity contribution in [3.63, 3.8) is 0 Å². The van der Waals surface area contributed by atoms with Gasteiger partial charge in [-0.3, -0.25) is 13.7 Å². The van der Waals surface area contributed by atoms with E-state index in [2.05, 4.69) is 0 Å². The number of sulfonamides is 1. The summed E-state index contributed by atoms with van der Waals surface area (Å²) in [4.78, 5) is 23.8. The molecular weight excluding hydrogens is 330 g/mol. The lowest BCUT2D eigenvalue weighted by Crippen LogP contribution is -2.44. The van der Waals surface area contributed by atoms with Gasteiger partial charge in [-0.1, -0.05) is 17.7 Å². The van der Waals surface area contributed by atoms with Crippen LogP contribution in [0.25, 0.3) is 0 Å². The van der Waals surface area contributed by atoms with Crippen molar-refractivity contribution in [2.45, 2.75) is 24.7 Å². The summed E-state index contributed by atoms with van der Waals surface area (Å²) in [6, 6.07) is 5.59. The summed E-state index contributed by atoms with van der Waals surface area (Å²) in [7, 11) is -1.34. The van der Waals surface area contributed by atoms with Crippen LogP contribution in [0.2, 0.25) is 0 Å². The molecular formula is C16H19N3O4S. The van der Waals surface area contributed by atoms with Crippen LogP contribution in [0.3, 0.4) is 0 Å². The zero-order chi connectivity index (χ0) is 17.6. The molecule has 24 heavy (non-hydrogen) atoms. The minimum absolute atomic E-state index is 0.310. The third-order valence-corrected chi connectivity index (χ3v) is 6.09. The van der Waals surface area contributed by atoms with E-state index in [4.69, 9.17) is 0 Å². The smallest absolute Gasteiger partial charge is 0.302 e. The molecule has 0 saturated heterocycles. The quantitative estimate of drug-likeness (QED) is 0.792. The second-order valence-corrected chi connectivity index (χ2v) is 7.89. The van der Waals surface area contributed by atoms with Crippen molar-refractivity contribution in [3.8, 4) is 0 Å². The van der Waals surface area contributed by atoms with E-state index in [1.807, 2.05) is 19.1 Å². The van der Waals surface area contributed by atoms with Gasteiger partial charge in [0.2, 0.25) is 0 Å². The Hall–Kier alpha value is -2.35. The Morgan fingerprint density at radius 2 is 1.83 bits per heavy atom. The normalized spacial score (nSPS) is 14.5. The Bertz CT molecular complexity index is 1030. The molecule has 0 fully saturated rings. The average Bonchev–Trinajstić information content (AvgIpc) is 2.55. The lowest BCUT2D eigenvalue weighted by Gasteiger charge is -2.30. The molecule has 0 spiro atoms. The number of rotatable bonds is 2. The van der Waals surface area contributed by atoms with Crippen LogP contribution in [-0.4, -0.2) is 24.1 Å². The Morgan fingerprint density at radius 1 is 1.12 bits per heavy atom. The van der Waals surface area contributed by atoms with Gasteiger partial charge >= 0.3 is 5.69 Å². The number of anilines is 1. The SMILES string of the molecule is Cc1ccc2c(c1)CCCN2S(=O)(=O)c1cn(C)c(=O)n(C)c1=O. The summed E-state index contributed by atoms with van der Waals surface area (Å²) in [5, 5.41) is 0. The predicted molar refractivity (Wildman–Crippen MR) is 91.0 cm³/mol. The van der Waals surface area contributed by atoms with Gasteiger partial charge in [0.25, 0.3) is 15.6 Å². The minimum atomic E-state index is -4.04. The number of aromatic nitrogens is 2. The first kappa shape index (κ1) is 16.5. The molecule has 0 radical (unpaired) electrons. The molecule has 1 aromatic carbocycles. The monoisotopic (exact) mass is 349 g/mol. The first-order chi connectivity index (χ1) is 11.2. The number of aryl methyl sites for hydroxylation is 3. The van der Waals surface area contributed by atoms with Gasteiger partial charge in [-0.15, -0.1) is 0 Å². The third kappa shape index (κ3) is 2.47. The highest BCUT2D eigenvalue weighted by Gasteiger charge is 2.32. The maximum Gasteiger partial charge on any atom is 0.330 e. The fraction of sp³-hybridized carbons (Fsp3) is 0.375. The summed E-state index contributed by atoms with van der Waals surface area (Å²) in [5.41, 5.74) is 1.24. The Balaban J connectivity index is 2.22. The van der Waals surface area contributed by atoms with E-state index in [1.165, 1.54) is 18.4 Å². The molecule has 8 heteroatoms. The Morgan fingerprint density at radius 3 is 2.54 bits per heavy atom. The van der Waals surface area contributed by atoms with E-state index in [0.717, 1.165) is 32.9 Å². The number of benzene rings is 1. The topological polar surface area (TPSA) is 81.4 Å². The average molecular weight is 349 g/mol. The van der Waals surface area contributed by atoms with Crippen molar-refractivity contribution in [1.82, 2.24) is 9.13 Å².